The molecule has 3 fully saturated rings. The van der Waals surface area contributed by atoms with E-state index in [2.05, 4.69) is 15.2 Å². The number of phenols is 1. The maximum atomic E-state index is 12.2. The Morgan fingerprint density at radius 1 is 1.18 bits per heavy atom. The molecule has 1 amide bonds. The van der Waals surface area contributed by atoms with Gasteiger partial charge in [0.15, 0.2) is 5.82 Å². The number of aromatic hydroxyl groups is 1. The number of fused-ring (bicyclic) bond motifs is 3. The normalized spacial score (nSPS) is 21.2. The van der Waals surface area contributed by atoms with E-state index in [0.29, 0.717) is 36.4 Å². The number of carbonyl (C=O) groups excluding carboxylic acids is 1. The number of ether oxygens (including phenoxy) is 1. The summed E-state index contributed by atoms with van der Waals surface area (Å²) < 4.78 is 5.46. The molecule has 5 rings (SSSR count). The molecule has 0 saturated carbocycles. The topological polar surface area (TPSA) is 149 Å². The average Bonchev–Trinajstić information content (AvgIpc) is 3.25. The number of aliphatic carboxylic acids is 2. The van der Waals surface area contributed by atoms with E-state index in [-0.39, 0.29) is 5.75 Å². The van der Waals surface area contributed by atoms with Crippen molar-refractivity contribution in [1.82, 2.24) is 9.88 Å². The molecule has 11 heteroatoms. The largest absolute Gasteiger partial charge is 0.508 e. The first-order chi connectivity index (χ1) is 15.8. The smallest absolute Gasteiger partial charge is 0.412 e. The molecule has 4 heterocycles. The molecule has 1 aromatic carbocycles. The summed E-state index contributed by atoms with van der Waals surface area (Å²) in [5.74, 6) is -0.745. The number of benzene rings is 1. The Hall–Kier alpha value is -3.44. The Labute approximate surface area is 194 Å². The van der Waals surface area contributed by atoms with Gasteiger partial charge in [0.05, 0.1) is 17.0 Å². The van der Waals surface area contributed by atoms with Crippen LogP contribution in [0.25, 0.3) is 10.4 Å². The van der Waals surface area contributed by atoms with Crippen molar-refractivity contribution < 1.29 is 34.4 Å². The SMILES string of the molecule is O=C(Nc1ncsc1-c1cccc(O)c1)OCC1CN2CCC1CC2.O=C(O)/C=C/C(=O)O. The lowest BCUT2D eigenvalue weighted by Gasteiger charge is -2.44. The Morgan fingerprint density at radius 2 is 1.88 bits per heavy atom. The van der Waals surface area contributed by atoms with Crippen molar-refractivity contribution in [2.45, 2.75) is 12.8 Å². The maximum absolute atomic E-state index is 12.2. The van der Waals surface area contributed by atoms with Crippen molar-refractivity contribution in [2.24, 2.45) is 11.8 Å². The first kappa shape index (κ1) is 24.2. The summed E-state index contributed by atoms with van der Waals surface area (Å²) in [6.07, 6.45) is 3.07. The molecule has 2 aromatic rings. The molecule has 3 saturated heterocycles. The Kier molecular flexibility index (Phi) is 8.39. The van der Waals surface area contributed by atoms with Gasteiger partial charge in [-0.2, -0.15) is 0 Å². The van der Waals surface area contributed by atoms with Crippen molar-refractivity contribution >= 4 is 35.2 Å². The molecule has 3 aliphatic heterocycles. The molecule has 0 radical (unpaired) electrons. The highest BCUT2D eigenvalue weighted by molar-refractivity contribution is 7.13. The molecule has 0 aliphatic carbocycles. The molecule has 0 spiro atoms. The summed E-state index contributed by atoms with van der Waals surface area (Å²) in [5, 5.41) is 28.0. The van der Waals surface area contributed by atoms with Gasteiger partial charge in [0.2, 0.25) is 0 Å². The third-order valence-corrected chi connectivity index (χ3v) is 6.36. The summed E-state index contributed by atoms with van der Waals surface area (Å²) in [5.41, 5.74) is 2.48. The Morgan fingerprint density at radius 3 is 2.45 bits per heavy atom. The Bertz CT molecular complexity index is 999. The van der Waals surface area contributed by atoms with Crippen molar-refractivity contribution in [3.8, 4) is 16.2 Å². The van der Waals surface area contributed by atoms with Crippen molar-refractivity contribution in [3.05, 3.63) is 41.9 Å². The van der Waals surface area contributed by atoms with Crippen LogP contribution in [0.5, 0.6) is 5.75 Å². The second kappa shape index (κ2) is 11.4. The van der Waals surface area contributed by atoms with Crippen LogP contribution in [0.4, 0.5) is 10.6 Å². The van der Waals surface area contributed by atoms with Gasteiger partial charge in [0.1, 0.15) is 5.75 Å². The van der Waals surface area contributed by atoms with Gasteiger partial charge < -0.3 is 25.0 Å². The van der Waals surface area contributed by atoms with Crippen LogP contribution >= 0.6 is 11.3 Å². The number of carboxylic acid groups (broad SMARTS) is 2. The number of rotatable bonds is 6. The van der Waals surface area contributed by atoms with Crippen LogP contribution in [0, 0.1) is 11.8 Å². The second-order valence-corrected chi connectivity index (χ2v) is 8.57. The maximum Gasteiger partial charge on any atom is 0.412 e. The van der Waals surface area contributed by atoms with Crippen LogP contribution in [0.3, 0.4) is 0 Å². The van der Waals surface area contributed by atoms with Crippen LogP contribution in [0.1, 0.15) is 12.8 Å². The highest BCUT2D eigenvalue weighted by Gasteiger charge is 2.34. The quantitative estimate of drug-likeness (QED) is 0.462. The van der Waals surface area contributed by atoms with E-state index >= 15 is 0 Å². The zero-order valence-corrected chi connectivity index (χ0v) is 18.5. The van der Waals surface area contributed by atoms with Gasteiger partial charge in [-0.05, 0) is 49.5 Å². The van der Waals surface area contributed by atoms with Gasteiger partial charge in [-0.3, -0.25) is 5.32 Å². The number of nitrogens with one attached hydrogen (secondary N) is 1. The fourth-order valence-corrected chi connectivity index (χ4v) is 4.66. The zero-order chi connectivity index (χ0) is 23.8. The number of thiazole rings is 1. The van der Waals surface area contributed by atoms with E-state index in [4.69, 9.17) is 14.9 Å². The molecular formula is C22H25N3O7S. The van der Waals surface area contributed by atoms with Crippen LogP contribution in [-0.4, -0.2) is 69.5 Å². The van der Waals surface area contributed by atoms with Crippen LogP contribution < -0.4 is 5.32 Å². The first-order valence-corrected chi connectivity index (χ1v) is 11.2. The number of anilines is 1. The minimum atomic E-state index is -1.26. The molecule has 3 aliphatic rings. The lowest BCUT2D eigenvalue weighted by Crippen LogP contribution is -2.49. The lowest BCUT2D eigenvalue weighted by atomic mass is 9.79. The second-order valence-electron chi connectivity index (χ2n) is 7.71. The van der Waals surface area contributed by atoms with Crippen molar-refractivity contribution in [2.75, 3.05) is 31.6 Å². The molecule has 33 heavy (non-hydrogen) atoms. The molecule has 176 valence electrons. The van der Waals surface area contributed by atoms with Crippen LogP contribution in [-0.2, 0) is 14.3 Å². The van der Waals surface area contributed by atoms with Gasteiger partial charge in [-0.1, -0.05) is 12.1 Å². The van der Waals surface area contributed by atoms with Gasteiger partial charge >= 0.3 is 18.0 Å². The van der Waals surface area contributed by atoms with E-state index in [1.54, 1.807) is 23.7 Å². The number of hydrogen-bond donors (Lipinski definition) is 4. The van der Waals surface area contributed by atoms with E-state index in [0.717, 1.165) is 17.0 Å². The number of carbonyl (C=O) groups is 3. The molecule has 1 atom stereocenters. The zero-order valence-electron chi connectivity index (χ0n) is 17.7. The molecule has 1 unspecified atom stereocenters. The fraction of sp³-hybridized carbons (Fsp3) is 0.364. The van der Waals surface area contributed by atoms with E-state index in [1.165, 1.54) is 37.3 Å². The monoisotopic (exact) mass is 475 g/mol. The predicted octanol–water partition coefficient (Wildman–Crippen LogP) is 3.12. The number of hydrogen-bond acceptors (Lipinski definition) is 8. The number of piperidine rings is 3. The van der Waals surface area contributed by atoms with Crippen LogP contribution in [0.15, 0.2) is 41.9 Å². The van der Waals surface area contributed by atoms with Gasteiger partial charge in [-0.25, -0.2) is 19.4 Å². The van der Waals surface area contributed by atoms with E-state index in [1.807, 2.05) is 6.07 Å². The van der Waals surface area contributed by atoms with Crippen molar-refractivity contribution in [1.29, 1.82) is 0 Å². The summed E-state index contributed by atoms with van der Waals surface area (Å²) in [6.45, 7) is 3.85. The third-order valence-electron chi connectivity index (χ3n) is 5.48. The average molecular weight is 476 g/mol. The summed E-state index contributed by atoms with van der Waals surface area (Å²) in [6, 6.07) is 6.90. The van der Waals surface area contributed by atoms with E-state index in [9.17, 15) is 19.5 Å². The number of aromatic nitrogens is 1. The Balaban J connectivity index is 0.000000331. The molecule has 1 aromatic heterocycles. The molecule has 4 N–H and O–H groups in total. The highest BCUT2D eigenvalue weighted by Crippen LogP contribution is 2.34. The highest BCUT2D eigenvalue weighted by atomic mass is 32.1. The standard InChI is InChI=1S/C18H21N3O3S.C4H4O4/c22-15-3-1-2-13(8-15)16-17(19-11-25-16)20-18(23)24-10-14-9-21-6-4-12(14)5-7-21;5-3(6)1-2-4(7)8/h1-3,8,11-12,14,22H,4-7,9-10H2,(H,20,23);1-2H,(H,5,6)(H,7,8)/b;2-1+. The molecule has 2 bridgehead atoms. The predicted molar refractivity (Wildman–Crippen MR) is 121 cm³/mol. The fourth-order valence-electron chi connectivity index (χ4n) is 3.92. The third kappa shape index (κ3) is 7.29. The number of nitrogens with zero attached hydrogens (tertiary/aromatic N) is 2. The number of phenolic OH excluding ortho intramolecular Hbond substituents is 1. The van der Waals surface area contributed by atoms with Gasteiger partial charge in [-0.15, -0.1) is 11.3 Å². The number of amides is 1. The lowest BCUT2D eigenvalue weighted by molar-refractivity contribution is -0.134. The molecule has 10 nitrogen and oxygen atoms in total. The minimum absolute atomic E-state index is 0.182. The molecular weight excluding hydrogens is 450 g/mol. The van der Waals surface area contributed by atoms with Crippen LogP contribution in [0.2, 0.25) is 0 Å². The van der Waals surface area contributed by atoms with E-state index < -0.39 is 18.0 Å². The summed E-state index contributed by atoms with van der Waals surface area (Å²) in [4.78, 5) is 38.7. The minimum Gasteiger partial charge on any atom is -0.508 e. The van der Waals surface area contributed by atoms with Crippen molar-refractivity contribution in [3.63, 3.8) is 0 Å². The number of carboxylic acids is 2. The summed E-state index contributed by atoms with van der Waals surface area (Å²) in [7, 11) is 0. The van der Waals surface area contributed by atoms with Gasteiger partial charge in [0.25, 0.3) is 0 Å². The van der Waals surface area contributed by atoms with Gasteiger partial charge in [0, 0.05) is 24.6 Å². The summed E-state index contributed by atoms with van der Waals surface area (Å²) >= 11 is 1.41. The first-order valence-electron chi connectivity index (χ1n) is 10.3.